The zero-order chi connectivity index (χ0) is 12.5. The van der Waals surface area contributed by atoms with Crippen LogP contribution >= 0.6 is 11.6 Å². The zero-order valence-corrected chi connectivity index (χ0v) is 11.2. The van der Waals surface area contributed by atoms with Gasteiger partial charge in [0.1, 0.15) is 5.75 Å². The van der Waals surface area contributed by atoms with E-state index in [0.29, 0.717) is 17.4 Å². The molecule has 1 rings (SSSR count). The molecule has 0 atom stereocenters. The molecule has 96 valence electrons. The van der Waals surface area contributed by atoms with Crippen LogP contribution in [0.2, 0.25) is 5.02 Å². The second-order valence-electron chi connectivity index (χ2n) is 3.74. The number of nitrogens with one attached hydrogen (secondary N) is 1. The SMILES string of the molecule is CCCCOCCNc1ccc(Cl)c(OC)c1. The van der Waals surface area contributed by atoms with Crippen LogP contribution in [0.4, 0.5) is 5.69 Å². The van der Waals surface area contributed by atoms with Gasteiger partial charge < -0.3 is 14.8 Å². The van der Waals surface area contributed by atoms with Crippen LogP contribution in [0.25, 0.3) is 0 Å². The van der Waals surface area contributed by atoms with Gasteiger partial charge in [0.15, 0.2) is 0 Å². The number of hydrogen-bond acceptors (Lipinski definition) is 3. The molecule has 3 nitrogen and oxygen atoms in total. The van der Waals surface area contributed by atoms with Crippen molar-refractivity contribution < 1.29 is 9.47 Å². The lowest BCUT2D eigenvalue weighted by atomic mass is 10.3. The zero-order valence-electron chi connectivity index (χ0n) is 10.5. The molecule has 0 aromatic heterocycles. The predicted octanol–water partition coefficient (Wildman–Crippen LogP) is 3.58. The quantitative estimate of drug-likeness (QED) is 0.722. The van der Waals surface area contributed by atoms with Gasteiger partial charge in [0.25, 0.3) is 0 Å². The van der Waals surface area contributed by atoms with Crippen LogP contribution < -0.4 is 10.1 Å². The molecule has 0 heterocycles. The molecular formula is C13H20ClNO2. The van der Waals surface area contributed by atoms with Crippen molar-refractivity contribution in [2.24, 2.45) is 0 Å². The van der Waals surface area contributed by atoms with Crippen LogP contribution in [0.3, 0.4) is 0 Å². The molecule has 0 unspecified atom stereocenters. The third kappa shape index (κ3) is 5.29. The van der Waals surface area contributed by atoms with Gasteiger partial charge in [0.05, 0.1) is 18.7 Å². The van der Waals surface area contributed by atoms with E-state index in [4.69, 9.17) is 21.1 Å². The van der Waals surface area contributed by atoms with Gasteiger partial charge >= 0.3 is 0 Å². The number of benzene rings is 1. The van der Waals surface area contributed by atoms with E-state index in [1.54, 1.807) is 7.11 Å². The first-order valence-electron chi connectivity index (χ1n) is 5.93. The third-order valence-corrected chi connectivity index (χ3v) is 2.68. The van der Waals surface area contributed by atoms with Crippen LogP contribution in [-0.4, -0.2) is 26.9 Å². The van der Waals surface area contributed by atoms with Crippen LogP contribution in [0.1, 0.15) is 19.8 Å². The molecule has 0 radical (unpaired) electrons. The molecule has 0 bridgehead atoms. The standard InChI is InChI=1S/C13H20ClNO2/c1-3-4-8-17-9-7-15-11-5-6-12(14)13(10-11)16-2/h5-6,10,15H,3-4,7-9H2,1-2H3. The number of unbranched alkanes of at least 4 members (excludes halogenated alkanes) is 1. The van der Waals surface area contributed by atoms with E-state index in [9.17, 15) is 0 Å². The predicted molar refractivity (Wildman–Crippen MR) is 72.2 cm³/mol. The van der Waals surface area contributed by atoms with E-state index in [1.807, 2.05) is 18.2 Å². The third-order valence-electron chi connectivity index (χ3n) is 2.37. The molecule has 0 amide bonds. The summed E-state index contributed by atoms with van der Waals surface area (Å²) >= 11 is 5.94. The van der Waals surface area contributed by atoms with Gasteiger partial charge in [-0.3, -0.25) is 0 Å². The van der Waals surface area contributed by atoms with Crippen molar-refractivity contribution >= 4 is 17.3 Å². The van der Waals surface area contributed by atoms with E-state index in [0.717, 1.165) is 25.3 Å². The van der Waals surface area contributed by atoms with Gasteiger partial charge in [0.2, 0.25) is 0 Å². The fourth-order valence-corrected chi connectivity index (χ4v) is 1.58. The minimum atomic E-state index is 0.622. The van der Waals surface area contributed by atoms with Crippen molar-refractivity contribution in [2.45, 2.75) is 19.8 Å². The Morgan fingerprint density at radius 1 is 1.29 bits per heavy atom. The minimum Gasteiger partial charge on any atom is -0.495 e. The second-order valence-corrected chi connectivity index (χ2v) is 4.15. The topological polar surface area (TPSA) is 30.5 Å². The molecule has 17 heavy (non-hydrogen) atoms. The van der Waals surface area contributed by atoms with E-state index in [2.05, 4.69) is 12.2 Å². The highest BCUT2D eigenvalue weighted by atomic mass is 35.5. The van der Waals surface area contributed by atoms with Crippen molar-refractivity contribution in [3.8, 4) is 5.75 Å². The van der Waals surface area contributed by atoms with E-state index in [-0.39, 0.29) is 0 Å². The Labute approximate surface area is 108 Å². The average Bonchev–Trinajstić information content (AvgIpc) is 2.35. The van der Waals surface area contributed by atoms with E-state index in [1.165, 1.54) is 6.42 Å². The summed E-state index contributed by atoms with van der Waals surface area (Å²) in [4.78, 5) is 0. The van der Waals surface area contributed by atoms with Gasteiger partial charge in [-0.2, -0.15) is 0 Å². The van der Waals surface area contributed by atoms with Gasteiger partial charge in [-0.25, -0.2) is 0 Å². The minimum absolute atomic E-state index is 0.622. The maximum atomic E-state index is 5.94. The molecule has 0 aliphatic heterocycles. The lowest BCUT2D eigenvalue weighted by Gasteiger charge is -2.09. The summed E-state index contributed by atoms with van der Waals surface area (Å²) in [7, 11) is 1.61. The molecule has 0 saturated carbocycles. The Hall–Kier alpha value is -0.930. The van der Waals surface area contributed by atoms with Gasteiger partial charge in [-0.15, -0.1) is 0 Å². The summed E-state index contributed by atoms with van der Waals surface area (Å²) in [6.07, 6.45) is 2.29. The highest BCUT2D eigenvalue weighted by molar-refractivity contribution is 6.32. The number of hydrogen-bond donors (Lipinski definition) is 1. The summed E-state index contributed by atoms with van der Waals surface area (Å²) in [5.74, 6) is 0.684. The average molecular weight is 258 g/mol. The highest BCUT2D eigenvalue weighted by Crippen LogP contribution is 2.27. The largest absolute Gasteiger partial charge is 0.495 e. The smallest absolute Gasteiger partial charge is 0.139 e. The summed E-state index contributed by atoms with van der Waals surface area (Å²) < 4.78 is 10.6. The molecule has 1 aromatic carbocycles. The van der Waals surface area contributed by atoms with Crippen LogP contribution in [0.5, 0.6) is 5.75 Å². The Kier molecular flexibility index (Phi) is 6.82. The van der Waals surface area contributed by atoms with Gasteiger partial charge in [0, 0.05) is 24.9 Å². The Morgan fingerprint density at radius 3 is 2.82 bits per heavy atom. The normalized spacial score (nSPS) is 10.3. The Balaban J connectivity index is 2.27. The number of anilines is 1. The first-order valence-corrected chi connectivity index (χ1v) is 6.31. The molecule has 0 aliphatic rings. The Bertz CT molecular complexity index is 331. The summed E-state index contributed by atoms with van der Waals surface area (Å²) in [6.45, 7) is 4.49. The monoisotopic (exact) mass is 257 g/mol. The molecule has 1 aromatic rings. The second kappa shape index (κ2) is 8.20. The molecule has 0 saturated heterocycles. The van der Waals surface area contributed by atoms with Crippen molar-refractivity contribution in [3.05, 3.63) is 23.2 Å². The first kappa shape index (κ1) is 14.1. The number of halogens is 1. The lowest BCUT2D eigenvalue weighted by Crippen LogP contribution is -2.10. The summed E-state index contributed by atoms with van der Waals surface area (Å²) in [6, 6.07) is 5.63. The van der Waals surface area contributed by atoms with Crippen LogP contribution in [-0.2, 0) is 4.74 Å². The number of ether oxygens (including phenoxy) is 2. The van der Waals surface area contributed by atoms with Crippen molar-refractivity contribution in [3.63, 3.8) is 0 Å². The van der Waals surface area contributed by atoms with E-state index >= 15 is 0 Å². The van der Waals surface area contributed by atoms with Crippen molar-refractivity contribution in [1.29, 1.82) is 0 Å². The summed E-state index contributed by atoms with van der Waals surface area (Å²) in [5, 5.41) is 3.88. The maximum absolute atomic E-state index is 5.94. The molecule has 0 fully saturated rings. The maximum Gasteiger partial charge on any atom is 0.139 e. The van der Waals surface area contributed by atoms with E-state index < -0.39 is 0 Å². The summed E-state index contributed by atoms with van der Waals surface area (Å²) in [5.41, 5.74) is 0.991. The molecule has 1 N–H and O–H groups in total. The molecule has 0 aliphatic carbocycles. The highest BCUT2D eigenvalue weighted by Gasteiger charge is 2.01. The van der Waals surface area contributed by atoms with Crippen LogP contribution in [0.15, 0.2) is 18.2 Å². The van der Waals surface area contributed by atoms with Crippen molar-refractivity contribution in [2.75, 3.05) is 32.2 Å². The Morgan fingerprint density at radius 2 is 2.12 bits per heavy atom. The van der Waals surface area contributed by atoms with Crippen LogP contribution in [0, 0.1) is 0 Å². The fourth-order valence-electron chi connectivity index (χ4n) is 1.39. The molecule has 0 spiro atoms. The van der Waals surface area contributed by atoms with Gasteiger partial charge in [-0.05, 0) is 18.6 Å². The first-order chi connectivity index (χ1) is 8.27. The van der Waals surface area contributed by atoms with Gasteiger partial charge in [-0.1, -0.05) is 24.9 Å². The molecule has 4 heteroatoms. The molecular weight excluding hydrogens is 238 g/mol. The lowest BCUT2D eigenvalue weighted by molar-refractivity contribution is 0.141. The fraction of sp³-hybridized carbons (Fsp3) is 0.538. The van der Waals surface area contributed by atoms with Crippen molar-refractivity contribution in [1.82, 2.24) is 0 Å². The number of rotatable bonds is 8. The number of methoxy groups -OCH3 is 1.